The van der Waals surface area contributed by atoms with Gasteiger partial charge in [0.15, 0.2) is 5.25 Å². The molecule has 8 heteroatoms. The first kappa shape index (κ1) is 24.8. The van der Waals surface area contributed by atoms with E-state index in [0.29, 0.717) is 6.54 Å². The van der Waals surface area contributed by atoms with Crippen LogP contribution in [0.4, 0.5) is 0 Å². The smallest absolute Gasteiger partial charge is 0.324 e. The van der Waals surface area contributed by atoms with Crippen LogP contribution in [0, 0.1) is 0 Å². The molecule has 0 saturated heterocycles. The lowest BCUT2D eigenvalue weighted by Gasteiger charge is -2.09. The molecular formula is C18H35NO6S. The van der Waals surface area contributed by atoms with E-state index in [1.807, 2.05) is 0 Å². The predicted octanol–water partition coefficient (Wildman–Crippen LogP) is 3.53. The van der Waals surface area contributed by atoms with Gasteiger partial charge in [-0.2, -0.15) is 8.42 Å². The number of carbonyl (C=O) groups excluding carboxylic acids is 1. The summed E-state index contributed by atoms with van der Waals surface area (Å²) in [5.41, 5.74) is 0. The highest BCUT2D eigenvalue weighted by atomic mass is 32.2. The van der Waals surface area contributed by atoms with Crippen molar-refractivity contribution in [1.29, 1.82) is 0 Å². The Bertz CT molecular complexity index is 492. The van der Waals surface area contributed by atoms with Crippen LogP contribution in [-0.4, -0.2) is 41.7 Å². The lowest BCUT2D eigenvalue weighted by molar-refractivity contribution is -0.138. The van der Waals surface area contributed by atoms with Gasteiger partial charge in [-0.15, -0.1) is 0 Å². The first-order valence-electron chi connectivity index (χ1n) is 9.74. The van der Waals surface area contributed by atoms with Gasteiger partial charge in [-0.1, -0.05) is 77.6 Å². The Morgan fingerprint density at radius 3 is 1.65 bits per heavy atom. The third kappa shape index (κ3) is 14.1. The van der Waals surface area contributed by atoms with Crippen molar-refractivity contribution < 1.29 is 27.7 Å². The van der Waals surface area contributed by atoms with Crippen molar-refractivity contribution in [3.05, 3.63) is 0 Å². The molecule has 0 aliphatic heterocycles. The van der Waals surface area contributed by atoms with Gasteiger partial charge in [0, 0.05) is 6.54 Å². The molecule has 0 aliphatic rings. The summed E-state index contributed by atoms with van der Waals surface area (Å²) in [6.45, 7) is 2.60. The molecule has 1 amide bonds. The Balaban J connectivity index is 3.55. The van der Waals surface area contributed by atoms with Gasteiger partial charge in [0.05, 0.1) is 6.42 Å². The quantitative estimate of drug-likeness (QED) is 0.257. The highest BCUT2D eigenvalue weighted by Crippen LogP contribution is 2.11. The Kier molecular flexibility index (Phi) is 14.3. The van der Waals surface area contributed by atoms with E-state index >= 15 is 0 Å². The molecule has 0 aromatic carbocycles. The summed E-state index contributed by atoms with van der Waals surface area (Å²) >= 11 is 0. The van der Waals surface area contributed by atoms with E-state index < -0.39 is 33.7 Å². The summed E-state index contributed by atoms with van der Waals surface area (Å²) in [5.74, 6) is -2.41. The predicted molar refractivity (Wildman–Crippen MR) is 102 cm³/mol. The molecule has 0 aliphatic carbocycles. The standard InChI is InChI=1S/C18H35NO6S/c1-2-3-4-5-6-7-8-9-10-11-12-13-14-19-17(20)15-16(18(21)22)26(23,24)25/h16H,2-15H2,1H3,(H,19,20)(H,21,22)(H,23,24,25). The molecule has 0 spiro atoms. The maximum Gasteiger partial charge on any atom is 0.324 e. The summed E-state index contributed by atoms with van der Waals surface area (Å²) in [6.07, 6.45) is 13.7. The van der Waals surface area contributed by atoms with Crippen LogP contribution < -0.4 is 5.32 Å². The zero-order valence-corrected chi connectivity index (χ0v) is 16.7. The van der Waals surface area contributed by atoms with Crippen LogP contribution in [0.25, 0.3) is 0 Å². The molecule has 0 saturated carbocycles. The number of rotatable bonds is 17. The molecule has 0 heterocycles. The molecular weight excluding hydrogens is 358 g/mol. The van der Waals surface area contributed by atoms with Gasteiger partial charge in [-0.25, -0.2) is 0 Å². The van der Waals surface area contributed by atoms with Crippen LogP contribution >= 0.6 is 0 Å². The van der Waals surface area contributed by atoms with E-state index in [-0.39, 0.29) is 0 Å². The molecule has 0 aromatic heterocycles. The van der Waals surface area contributed by atoms with Gasteiger partial charge in [0.2, 0.25) is 5.91 Å². The fourth-order valence-electron chi connectivity index (χ4n) is 2.75. The number of unbranched alkanes of at least 4 members (excludes halogenated alkanes) is 11. The average Bonchev–Trinajstić information content (AvgIpc) is 2.55. The SMILES string of the molecule is CCCCCCCCCCCCCCNC(=O)CC(C(=O)O)S(=O)(=O)O. The van der Waals surface area contributed by atoms with Gasteiger partial charge in [0.25, 0.3) is 10.1 Å². The van der Waals surface area contributed by atoms with Gasteiger partial charge in [0.1, 0.15) is 0 Å². The Morgan fingerprint density at radius 1 is 0.846 bits per heavy atom. The monoisotopic (exact) mass is 393 g/mol. The summed E-state index contributed by atoms with van der Waals surface area (Å²) in [6, 6.07) is 0. The lowest BCUT2D eigenvalue weighted by atomic mass is 10.1. The van der Waals surface area contributed by atoms with Crippen molar-refractivity contribution in [3.8, 4) is 0 Å². The number of nitrogens with one attached hydrogen (secondary N) is 1. The summed E-state index contributed by atoms with van der Waals surface area (Å²) in [7, 11) is -4.78. The van der Waals surface area contributed by atoms with E-state index in [2.05, 4.69) is 12.2 Å². The fourth-order valence-corrected chi connectivity index (χ4v) is 3.37. The average molecular weight is 394 g/mol. The fraction of sp³-hybridized carbons (Fsp3) is 0.889. The number of hydrogen-bond acceptors (Lipinski definition) is 4. The van der Waals surface area contributed by atoms with Crippen LogP contribution in [0.1, 0.15) is 90.4 Å². The van der Waals surface area contributed by atoms with E-state index in [1.165, 1.54) is 57.8 Å². The summed E-state index contributed by atoms with van der Waals surface area (Å²) in [4.78, 5) is 22.3. The minimum atomic E-state index is -4.78. The second-order valence-corrected chi connectivity index (χ2v) is 8.38. The van der Waals surface area contributed by atoms with Crippen molar-refractivity contribution in [3.63, 3.8) is 0 Å². The number of aliphatic carboxylic acids is 1. The Hall–Kier alpha value is -1.15. The van der Waals surface area contributed by atoms with Crippen LogP contribution in [0.2, 0.25) is 0 Å². The molecule has 0 radical (unpaired) electrons. The second kappa shape index (κ2) is 15.0. The van der Waals surface area contributed by atoms with Crippen molar-refractivity contribution in [2.24, 2.45) is 0 Å². The Morgan fingerprint density at radius 2 is 1.27 bits per heavy atom. The van der Waals surface area contributed by atoms with Crippen LogP contribution in [0.3, 0.4) is 0 Å². The van der Waals surface area contributed by atoms with Gasteiger partial charge >= 0.3 is 5.97 Å². The zero-order chi connectivity index (χ0) is 19.8. The Labute approximate surface area is 157 Å². The van der Waals surface area contributed by atoms with Gasteiger partial charge in [-0.3, -0.25) is 14.1 Å². The molecule has 0 fully saturated rings. The number of carboxylic acid groups (broad SMARTS) is 1. The van der Waals surface area contributed by atoms with E-state index in [1.54, 1.807) is 0 Å². The highest BCUT2D eigenvalue weighted by Gasteiger charge is 2.33. The van der Waals surface area contributed by atoms with Crippen molar-refractivity contribution >= 4 is 22.0 Å². The molecule has 1 unspecified atom stereocenters. The van der Waals surface area contributed by atoms with E-state index in [9.17, 15) is 18.0 Å². The molecule has 26 heavy (non-hydrogen) atoms. The molecule has 3 N–H and O–H groups in total. The highest BCUT2D eigenvalue weighted by molar-refractivity contribution is 7.87. The molecule has 154 valence electrons. The summed E-state index contributed by atoms with van der Waals surface area (Å²) in [5, 5.41) is 9.11. The van der Waals surface area contributed by atoms with Gasteiger partial charge in [-0.05, 0) is 6.42 Å². The van der Waals surface area contributed by atoms with Crippen molar-refractivity contribution in [2.75, 3.05) is 6.54 Å². The second-order valence-electron chi connectivity index (χ2n) is 6.79. The molecule has 1 atom stereocenters. The molecule has 0 aromatic rings. The number of carboxylic acids is 1. The summed E-state index contributed by atoms with van der Waals surface area (Å²) < 4.78 is 30.6. The minimum Gasteiger partial charge on any atom is -0.480 e. The largest absolute Gasteiger partial charge is 0.480 e. The molecule has 0 rings (SSSR count). The topological polar surface area (TPSA) is 121 Å². The third-order valence-corrected chi connectivity index (χ3v) is 5.45. The van der Waals surface area contributed by atoms with E-state index in [4.69, 9.17) is 9.66 Å². The first-order valence-corrected chi connectivity index (χ1v) is 11.2. The molecule has 0 bridgehead atoms. The zero-order valence-electron chi connectivity index (χ0n) is 15.9. The van der Waals surface area contributed by atoms with Gasteiger partial charge < -0.3 is 10.4 Å². The molecule has 7 nitrogen and oxygen atoms in total. The van der Waals surface area contributed by atoms with Crippen LogP contribution in [-0.2, 0) is 19.7 Å². The minimum absolute atomic E-state index is 0.383. The number of carbonyl (C=O) groups is 2. The normalized spacial score (nSPS) is 12.7. The van der Waals surface area contributed by atoms with Crippen LogP contribution in [0.5, 0.6) is 0 Å². The van der Waals surface area contributed by atoms with E-state index in [0.717, 1.165) is 19.3 Å². The first-order chi connectivity index (χ1) is 12.3. The lowest BCUT2D eigenvalue weighted by Crippen LogP contribution is -2.36. The van der Waals surface area contributed by atoms with Crippen LogP contribution in [0.15, 0.2) is 0 Å². The number of amides is 1. The number of hydrogen-bond donors (Lipinski definition) is 3. The third-order valence-electron chi connectivity index (χ3n) is 4.36. The maximum atomic E-state index is 11.6. The van der Waals surface area contributed by atoms with Crippen molar-refractivity contribution in [1.82, 2.24) is 5.32 Å². The maximum absolute atomic E-state index is 11.6. The van der Waals surface area contributed by atoms with Crippen molar-refractivity contribution in [2.45, 2.75) is 95.6 Å².